The first-order valence-electron chi connectivity index (χ1n) is 14.7. The maximum absolute atomic E-state index is 14.4. The average molecular weight is 535 g/mol. The van der Waals surface area contributed by atoms with Crippen molar-refractivity contribution in [1.29, 1.82) is 0 Å². The molecule has 0 aromatic carbocycles. The first kappa shape index (κ1) is 24.4. The van der Waals surface area contributed by atoms with E-state index >= 15 is 0 Å². The zero-order valence-electron chi connectivity index (χ0n) is 23.6. The first-order valence-corrected chi connectivity index (χ1v) is 14.7. The number of carbonyl (C=O) groups is 3. The largest absolute Gasteiger partial charge is 0.461 e. The number of hydrogen-bond donors (Lipinski definition) is 0. The molecule has 8 rings (SSSR count). The zero-order chi connectivity index (χ0) is 27.5. The fourth-order valence-electron chi connectivity index (χ4n) is 11.3. The normalized spacial score (nSPS) is 54.2. The molecule has 11 atom stereocenters. The van der Waals surface area contributed by atoms with E-state index in [1.807, 2.05) is 6.92 Å². The van der Waals surface area contributed by atoms with Gasteiger partial charge in [-0.2, -0.15) is 0 Å². The molecule has 7 nitrogen and oxygen atoms in total. The minimum absolute atomic E-state index is 0.0487. The molecule has 5 aliphatic carbocycles. The highest BCUT2D eigenvalue weighted by Crippen LogP contribution is 2.78. The molecule has 2 bridgehead atoms. The van der Waals surface area contributed by atoms with Crippen LogP contribution < -0.4 is 0 Å². The van der Waals surface area contributed by atoms with Gasteiger partial charge in [0, 0.05) is 35.7 Å². The van der Waals surface area contributed by atoms with Gasteiger partial charge < -0.3 is 18.9 Å². The Morgan fingerprint density at radius 3 is 2.59 bits per heavy atom. The van der Waals surface area contributed by atoms with Crippen LogP contribution in [0.2, 0.25) is 0 Å². The van der Waals surface area contributed by atoms with Gasteiger partial charge in [0.15, 0.2) is 0 Å². The molecule has 0 N–H and O–H groups in total. The number of esters is 3. The topological polar surface area (TPSA) is 91.4 Å². The summed E-state index contributed by atoms with van der Waals surface area (Å²) >= 11 is 0. The van der Waals surface area contributed by atoms with Crippen molar-refractivity contribution in [3.63, 3.8) is 0 Å². The molecule has 8 aliphatic rings. The summed E-state index contributed by atoms with van der Waals surface area (Å²) in [7, 11) is 0. The van der Waals surface area contributed by atoms with Crippen molar-refractivity contribution in [3.8, 4) is 0 Å². The minimum atomic E-state index is -0.800. The third-order valence-corrected chi connectivity index (χ3v) is 12.8. The van der Waals surface area contributed by atoms with E-state index in [2.05, 4.69) is 33.4 Å². The van der Waals surface area contributed by atoms with Gasteiger partial charge in [0.05, 0.1) is 11.0 Å². The van der Waals surface area contributed by atoms with E-state index in [0.717, 1.165) is 36.8 Å². The Balaban J connectivity index is 1.30. The van der Waals surface area contributed by atoms with Gasteiger partial charge in [-0.1, -0.05) is 25.2 Å². The molecule has 39 heavy (non-hydrogen) atoms. The van der Waals surface area contributed by atoms with E-state index in [1.54, 1.807) is 0 Å². The molecule has 0 unspecified atom stereocenters. The Morgan fingerprint density at radius 2 is 1.85 bits per heavy atom. The van der Waals surface area contributed by atoms with Crippen LogP contribution in [0.25, 0.3) is 0 Å². The van der Waals surface area contributed by atoms with Crippen molar-refractivity contribution in [2.24, 2.45) is 34.5 Å². The quantitative estimate of drug-likeness (QED) is 0.158. The van der Waals surface area contributed by atoms with Crippen LogP contribution in [-0.2, 0) is 33.3 Å². The Bertz CT molecular complexity index is 1360. The van der Waals surface area contributed by atoms with Crippen molar-refractivity contribution in [3.05, 3.63) is 34.9 Å². The lowest BCUT2D eigenvalue weighted by atomic mass is 9.52. The molecule has 0 amide bonds. The summed E-state index contributed by atoms with van der Waals surface area (Å²) in [6, 6.07) is 0. The summed E-state index contributed by atoms with van der Waals surface area (Å²) in [6.45, 7) is 14.2. The Morgan fingerprint density at radius 1 is 1.08 bits per heavy atom. The molecule has 0 radical (unpaired) electrons. The lowest BCUT2D eigenvalue weighted by molar-refractivity contribution is -0.156. The molecular weight excluding hydrogens is 496 g/mol. The van der Waals surface area contributed by atoms with Gasteiger partial charge in [-0.25, -0.2) is 4.79 Å². The molecule has 7 heteroatoms. The third-order valence-electron chi connectivity index (χ3n) is 12.8. The summed E-state index contributed by atoms with van der Waals surface area (Å²) in [5.41, 5.74) is 1.33. The van der Waals surface area contributed by atoms with Gasteiger partial charge in [-0.05, 0) is 82.8 Å². The van der Waals surface area contributed by atoms with E-state index in [-0.39, 0.29) is 58.9 Å². The van der Waals surface area contributed by atoms with Gasteiger partial charge in [-0.15, -0.1) is 0 Å². The number of fused-ring (bicyclic) bond motifs is 10. The highest BCUT2D eigenvalue weighted by Gasteiger charge is 2.82. The van der Waals surface area contributed by atoms with Crippen molar-refractivity contribution >= 4 is 17.9 Å². The Hall–Kier alpha value is -2.41. The van der Waals surface area contributed by atoms with E-state index in [4.69, 9.17) is 18.9 Å². The van der Waals surface area contributed by atoms with Gasteiger partial charge in [0.25, 0.3) is 0 Å². The van der Waals surface area contributed by atoms with Crippen molar-refractivity contribution in [1.82, 2.24) is 0 Å². The number of hydrogen-bond acceptors (Lipinski definition) is 7. The number of ether oxygens (including phenoxy) is 4. The molecule has 0 aromatic rings. The van der Waals surface area contributed by atoms with Crippen LogP contribution in [0.1, 0.15) is 79.6 Å². The monoisotopic (exact) mass is 534 g/mol. The molecular formula is C32H38O7. The highest BCUT2D eigenvalue weighted by molar-refractivity contribution is 5.92. The Labute approximate surface area is 229 Å². The number of rotatable bonds is 1. The van der Waals surface area contributed by atoms with Crippen LogP contribution >= 0.6 is 0 Å². The molecule has 3 saturated heterocycles. The van der Waals surface area contributed by atoms with E-state index in [0.29, 0.717) is 24.8 Å². The fourth-order valence-corrected chi connectivity index (χ4v) is 11.3. The molecule has 3 heterocycles. The summed E-state index contributed by atoms with van der Waals surface area (Å²) in [4.78, 5) is 39.6. The summed E-state index contributed by atoms with van der Waals surface area (Å²) in [5.74, 6) is -0.774. The summed E-state index contributed by atoms with van der Waals surface area (Å²) in [6.07, 6.45) is 6.94. The zero-order valence-corrected chi connectivity index (χ0v) is 23.6. The lowest BCUT2D eigenvalue weighted by Crippen LogP contribution is -2.51. The average Bonchev–Trinajstić information content (AvgIpc) is 3.20. The van der Waals surface area contributed by atoms with Gasteiger partial charge in [0.1, 0.15) is 23.4 Å². The van der Waals surface area contributed by atoms with Crippen molar-refractivity contribution < 1.29 is 33.3 Å². The van der Waals surface area contributed by atoms with E-state index in [1.165, 1.54) is 12.5 Å². The first-order chi connectivity index (χ1) is 18.3. The van der Waals surface area contributed by atoms with E-state index in [9.17, 15) is 14.4 Å². The number of epoxide rings is 1. The van der Waals surface area contributed by atoms with Gasteiger partial charge >= 0.3 is 17.9 Å². The minimum Gasteiger partial charge on any atom is -0.461 e. The number of carbonyl (C=O) groups excluding carboxylic acids is 3. The predicted octanol–water partition coefficient (Wildman–Crippen LogP) is 4.74. The predicted molar refractivity (Wildman–Crippen MR) is 139 cm³/mol. The SMILES string of the molecule is C=C1C(=O)O[C@@H]2C3=C([C@H]4C[C@@]3(C)[C@]3(C4)C(=O)O[C@@H]4[C@H]5C(C)=CC[C@@]56O[C@@]6(C)CC[C@H]43)[C@@](C)(OC(C)=O)CC[C@@H]12. The van der Waals surface area contributed by atoms with Crippen molar-refractivity contribution in [2.45, 2.75) is 109 Å². The van der Waals surface area contributed by atoms with Crippen LogP contribution in [0.3, 0.4) is 0 Å². The second kappa shape index (κ2) is 6.89. The molecule has 0 aromatic heterocycles. The van der Waals surface area contributed by atoms with Gasteiger partial charge in [-0.3, -0.25) is 9.59 Å². The van der Waals surface area contributed by atoms with Crippen LogP contribution in [0, 0.1) is 34.5 Å². The van der Waals surface area contributed by atoms with Crippen LogP contribution in [-0.4, -0.2) is 46.9 Å². The maximum atomic E-state index is 14.4. The van der Waals surface area contributed by atoms with Crippen LogP contribution in [0.15, 0.2) is 34.9 Å². The smallest absolute Gasteiger partial charge is 0.334 e. The fraction of sp³-hybridized carbons (Fsp3) is 0.719. The molecule has 208 valence electrons. The summed E-state index contributed by atoms with van der Waals surface area (Å²) in [5, 5.41) is 0. The standard InChI is InChI=1S/C32H38O7/c1-15-7-12-32-21(15)25-20(9-11-30(32,6)39-32)31(27(35)37-25)14-18-13-28(31,4)23-22(18)29(5,38-17(3)33)10-8-19-16(2)26(34)36-24(19)23/h7,18-21,24-25H,2,8-14H2,1,3-6H3/t18-,19-,20+,21+,24-,25-,28+,29-,30-,31-,32+/m0/s1. The third kappa shape index (κ3) is 2.51. The maximum Gasteiger partial charge on any atom is 0.334 e. The van der Waals surface area contributed by atoms with Crippen LogP contribution in [0.4, 0.5) is 0 Å². The van der Waals surface area contributed by atoms with Crippen LogP contribution in [0.5, 0.6) is 0 Å². The highest BCUT2D eigenvalue weighted by atomic mass is 16.6. The molecule has 2 saturated carbocycles. The lowest BCUT2D eigenvalue weighted by Gasteiger charge is -2.48. The van der Waals surface area contributed by atoms with Gasteiger partial charge in [0.2, 0.25) is 0 Å². The molecule has 3 aliphatic heterocycles. The van der Waals surface area contributed by atoms with Crippen molar-refractivity contribution in [2.75, 3.05) is 0 Å². The second-order valence-electron chi connectivity index (χ2n) is 14.4. The summed E-state index contributed by atoms with van der Waals surface area (Å²) < 4.78 is 25.2. The Kier molecular flexibility index (Phi) is 4.31. The molecule has 2 spiro atoms. The van der Waals surface area contributed by atoms with E-state index < -0.39 is 22.5 Å². The molecule has 5 fully saturated rings. The second-order valence-corrected chi connectivity index (χ2v) is 14.4.